The maximum absolute atomic E-state index is 13.4. The molecule has 0 heterocycles. The molecule has 108 valence electrons. The largest absolute Gasteiger partial charge is 0.432 e. The van der Waals surface area contributed by atoms with Crippen LogP contribution in [0.4, 0.5) is 24.5 Å². The van der Waals surface area contributed by atoms with Gasteiger partial charge >= 0.3 is 6.61 Å². The van der Waals surface area contributed by atoms with Crippen molar-refractivity contribution >= 4 is 11.4 Å². The molecule has 2 unspecified atom stereocenters. The van der Waals surface area contributed by atoms with Crippen LogP contribution in [0.25, 0.3) is 0 Å². The molecule has 0 aliphatic rings. The molecule has 0 bridgehead atoms. The van der Waals surface area contributed by atoms with Gasteiger partial charge in [0.05, 0.1) is 11.4 Å². The summed E-state index contributed by atoms with van der Waals surface area (Å²) in [5.41, 5.74) is 6.22. The summed E-state index contributed by atoms with van der Waals surface area (Å²) >= 11 is 0. The molecule has 19 heavy (non-hydrogen) atoms. The van der Waals surface area contributed by atoms with Gasteiger partial charge in [0.15, 0.2) is 11.6 Å². The van der Waals surface area contributed by atoms with Crippen LogP contribution in [-0.2, 0) is 0 Å². The number of alkyl halides is 2. The number of benzene rings is 1. The third kappa shape index (κ3) is 4.22. The Bertz CT molecular complexity index is 427. The van der Waals surface area contributed by atoms with Crippen LogP contribution in [0.1, 0.15) is 27.2 Å². The number of halogens is 3. The van der Waals surface area contributed by atoms with Gasteiger partial charge in [-0.3, -0.25) is 0 Å². The summed E-state index contributed by atoms with van der Waals surface area (Å²) in [6, 6.07) is 2.22. The maximum atomic E-state index is 13.4. The summed E-state index contributed by atoms with van der Waals surface area (Å²) in [6.07, 6.45) is 0.954. The van der Waals surface area contributed by atoms with Crippen molar-refractivity contribution in [1.82, 2.24) is 0 Å². The topological polar surface area (TPSA) is 47.3 Å². The predicted molar refractivity (Wildman–Crippen MR) is 70.0 cm³/mol. The van der Waals surface area contributed by atoms with Crippen molar-refractivity contribution in [1.29, 1.82) is 0 Å². The molecule has 3 N–H and O–H groups in total. The van der Waals surface area contributed by atoms with Crippen LogP contribution in [0, 0.1) is 11.7 Å². The third-order valence-corrected chi connectivity index (χ3v) is 3.20. The number of rotatable bonds is 6. The zero-order valence-corrected chi connectivity index (χ0v) is 11.2. The molecule has 1 rings (SSSR count). The standard InChI is InChI=1S/C13H19F3N2O/c1-4-7(2)8(3)18-11-6-12(19-13(15)16)9(14)5-10(11)17/h5-8,13,18H,4,17H2,1-3H3. The van der Waals surface area contributed by atoms with Gasteiger partial charge < -0.3 is 15.8 Å². The second-order valence-corrected chi connectivity index (χ2v) is 4.57. The molecule has 0 aliphatic heterocycles. The Morgan fingerprint density at radius 2 is 1.95 bits per heavy atom. The highest BCUT2D eigenvalue weighted by molar-refractivity contribution is 5.69. The van der Waals surface area contributed by atoms with E-state index in [0.717, 1.165) is 18.6 Å². The summed E-state index contributed by atoms with van der Waals surface area (Å²) in [5, 5.41) is 3.09. The van der Waals surface area contributed by atoms with Gasteiger partial charge in [0.2, 0.25) is 0 Å². The van der Waals surface area contributed by atoms with Crippen molar-refractivity contribution in [2.75, 3.05) is 11.1 Å². The van der Waals surface area contributed by atoms with E-state index < -0.39 is 18.2 Å². The van der Waals surface area contributed by atoms with E-state index in [0.29, 0.717) is 11.6 Å². The van der Waals surface area contributed by atoms with Crippen LogP contribution in [-0.4, -0.2) is 12.7 Å². The fourth-order valence-corrected chi connectivity index (χ4v) is 1.62. The summed E-state index contributed by atoms with van der Waals surface area (Å²) in [4.78, 5) is 0. The number of nitrogens with two attached hydrogens (primary N) is 1. The van der Waals surface area contributed by atoms with Gasteiger partial charge in [-0.05, 0) is 12.8 Å². The monoisotopic (exact) mass is 276 g/mol. The fraction of sp³-hybridized carbons (Fsp3) is 0.538. The normalized spacial score (nSPS) is 14.3. The van der Waals surface area contributed by atoms with Crippen LogP contribution < -0.4 is 15.8 Å². The summed E-state index contributed by atoms with van der Waals surface area (Å²) in [7, 11) is 0. The van der Waals surface area contributed by atoms with E-state index in [1.54, 1.807) is 0 Å². The maximum Gasteiger partial charge on any atom is 0.387 e. The van der Waals surface area contributed by atoms with Crippen molar-refractivity contribution in [3.05, 3.63) is 17.9 Å². The molecular weight excluding hydrogens is 257 g/mol. The molecule has 0 fully saturated rings. The van der Waals surface area contributed by atoms with E-state index in [1.807, 2.05) is 20.8 Å². The van der Waals surface area contributed by atoms with E-state index in [-0.39, 0.29) is 11.7 Å². The van der Waals surface area contributed by atoms with E-state index >= 15 is 0 Å². The van der Waals surface area contributed by atoms with Crippen LogP contribution in [0.2, 0.25) is 0 Å². The highest BCUT2D eigenvalue weighted by Gasteiger charge is 2.16. The molecule has 6 heteroatoms. The van der Waals surface area contributed by atoms with Gasteiger partial charge in [0.25, 0.3) is 0 Å². The van der Waals surface area contributed by atoms with Gasteiger partial charge in [-0.15, -0.1) is 0 Å². The highest BCUT2D eigenvalue weighted by Crippen LogP contribution is 2.30. The lowest BCUT2D eigenvalue weighted by molar-refractivity contribution is -0.0521. The van der Waals surface area contributed by atoms with Gasteiger partial charge in [-0.25, -0.2) is 4.39 Å². The van der Waals surface area contributed by atoms with Crippen LogP contribution in [0.5, 0.6) is 5.75 Å². The Hall–Kier alpha value is -1.59. The van der Waals surface area contributed by atoms with E-state index in [2.05, 4.69) is 10.1 Å². The van der Waals surface area contributed by atoms with E-state index in [4.69, 9.17) is 5.73 Å². The first-order valence-electron chi connectivity index (χ1n) is 6.15. The average Bonchev–Trinajstić information content (AvgIpc) is 2.33. The Labute approximate surface area is 110 Å². The minimum absolute atomic E-state index is 0.0807. The summed E-state index contributed by atoms with van der Waals surface area (Å²) in [5.74, 6) is -1.05. The van der Waals surface area contributed by atoms with Gasteiger partial charge in [0, 0.05) is 18.2 Å². The summed E-state index contributed by atoms with van der Waals surface area (Å²) in [6.45, 7) is 2.97. The van der Waals surface area contributed by atoms with Crippen molar-refractivity contribution < 1.29 is 17.9 Å². The number of hydrogen-bond acceptors (Lipinski definition) is 3. The predicted octanol–water partition coefficient (Wildman–Crippen LogP) is 3.86. The third-order valence-electron chi connectivity index (χ3n) is 3.20. The number of nitrogens with one attached hydrogen (secondary N) is 1. The molecule has 0 aliphatic carbocycles. The van der Waals surface area contributed by atoms with Crippen molar-refractivity contribution in [3.8, 4) is 5.75 Å². The molecule has 0 spiro atoms. The van der Waals surface area contributed by atoms with Gasteiger partial charge in [0.1, 0.15) is 0 Å². The molecule has 0 radical (unpaired) electrons. The first kappa shape index (κ1) is 15.5. The zero-order chi connectivity index (χ0) is 14.6. The lowest BCUT2D eigenvalue weighted by Gasteiger charge is -2.22. The Morgan fingerprint density at radius 3 is 2.47 bits per heavy atom. The molecule has 0 amide bonds. The number of anilines is 2. The number of nitrogen functional groups attached to an aromatic ring is 1. The zero-order valence-electron chi connectivity index (χ0n) is 11.2. The number of hydrogen-bond donors (Lipinski definition) is 2. The number of ether oxygens (including phenoxy) is 1. The Kier molecular flexibility index (Phi) is 5.32. The Balaban J connectivity index is 2.94. The van der Waals surface area contributed by atoms with Crippen LogP contribution in [0.3, 0.4) is 0 Å². The second kappa shape index (κ2) is 6.54. The van der Waals surface area contributed by atoms with Crippen LogP contribution in [0.15, 0.2) is 12.1 Å². The molecule has 1 aromatic rings. The van der Waals surface area contributed by atoms with Crippen molar-refractivity contribution in [3.63, 3.8) is 0 Å². The minimum atomic E-state index is -3.07. The molecule has 0 saturated carbocycles. The molecule has 2 atom stereocenters. The lowest BCUT2D eigenvalue weighted by atomic mass is 10.0. The molecule has 0 aromatic heterocycles. The molecule has 1 aromatic carbocycles. The SMILES string of the molecule is CCC(C)C(C)Nc1cc(OC(F)F)c(F)cc1N. The Morgan fingerprint density at radius 1 is 1.32 bits per heavy atom. The first-order valence-corrected chi connectivity index (χ1v) is 6.15. The lowest BCUT2D eigenvalue weighted by Crippen LogP contribution is -2.23. The van der Waals surface area contributed by atoms with E-state index in [9.17, 15) is 13.2 Å². The molecule has 3 nitrogen and oxygen atoms in total. The molecular formula is C13H19F3N2O. The van der Waals surface area contributed by atoms with Crippen molar-refractivity contribution in [2.24, 2.45) is 5.92 Å². The first-order chi connectivity index (χ1) is 8.85. The van der Waals surface area contributed by atoms with Crippen molar-refractivity contribution in [2.45, 2.75) is 39.8 Å². The van der Waals surface area contributed by atoms with Gasteiger partial charge in [-0.2, -0.15) is 8.78 Å². The highest BCUT2D eigenvalue weighted by atomic mass is 19.3. The fourth-order valence-electron chi connectivity index (χ4n) is 1.62. The van der Waals surface area contributed by atoms with Crippen LogP contribution >= 0.6 is 0 Å². The second-order valence-electron chi connectivity index (χ2n) is 4.57. The molecule has 0 saturated heterocycles. The quantitative estimate of drug-likeness (QED) is 0.776. The minimum Gasteiger partial charge on any atom is -0.432 e. The average molecular weight is 276 g/mol. The van der Waals surface area contributed by atoms with E-state index in [1.165, 1.54) is 0 Å². The van der Waals surface area contributed by atoms with Gasteiger partial charge in [-0.1, -0.05) is 20.3 Å². The summed E-state index contributed by atoms with van der Waals surface area (Å²) < 4.78 is 41.8. The smallest absolute Gasteiger partial charge is 0.387 e.